The molecule has 0 spiro atoms. The van der Waals surface area contributed by atoms with Crippen LogP contribution in [0.25, 0.3) is 16.7 Å². The Morgan fingerprint density at radius 1 is 1.17 bits per heavy atom. The molecule has 7 heteroatoms. The molecule has 0 N–H and O–H groups in total. The molecule has 0 atom stereocenters. The Kier molecular flexibility index (Phi) is 4.16. The van der Waals surface area contributed by atoms with E-state index in [0.717, 1.165) is 16.8 Å². The maximum atomic E-state index is 11.7. The number of carbonyl (C=O) groups excluding carboxylic acids is 1. The smallest absolute Gasteiger partial charge is 0.260 e. The third-order valence-electron chi connectivity index (χ3n) is 3.61. The zero-order valence-electron chi connectivity index (χ0n) is 14.1. The summed E-state index contributed by atoms with van der Waals surface area (Å²) >= 11 is 0. The Balaban J connectivity index is 1.98. The van der Waals surface area contributed by atoms with E-state index in [2.05, 4.69) is 21.1 Å². The van der Waals surface area contributed by atoms with Crippen LogP contribution in [0, 0.1) is 13.8 Å². The molecule has 7 nitrogen and oxygen atoms in total. The van der Waals surface area contributed by atoms with Crippen LogP contribution in [0.15, 0.2) is 30.7 Å². The molecular formula is C17H19N5O2. The van der Waals surface area contributed by atoms with Gasteiger partial charge in [-0.3, -0.25) is 4.79 Å². The van der Waals surface area contributed by atoms with E-state index in [4.69, 9.17) is 4.74 Å². The van der Waals surface area contributed by atoms with Crippen LogP contribution < -0.4 is 4.74 Å². The predicted molar refractivity (Wildman–Crippen MR) is 90.3 cm³/mol. The average molecular weight is 325 g/mol. The van der Waals surface area contributed by atoms with E-state index in [1.54, 1.807) is 25.0 Å². The molecule has 24 heavy (non-hydrogen) atoms. The molecule has 2 aromatic heterocycles. The van der Waals surface area contributed by atoms with E-state index in [-0.39, 0.29) is 12.5 Å². The summed E-state index contributed by atoms with van der Waals surface area (Å²) in [5.74, 6) is 0.217. The summed E-state index contributed by atoms with van der Waals surface area (Å²) in [5.41, 5.74) is 3.87. The van der Waals surface area contributed by atoms with E-state index in [0.29, 0.717) is 16.9 Å². The summed E-state index contributed by atoms with van der Waals surface area (Å²) in [4.78, 5) is 21.6. The number of nitrogens with zero attached hydrogens (tertiary/aromatic N) is 5. The summed E-state index contributed by atoms with van der Waals surface area (Å²) in [6.45, 7) is 4.00. The minimum absolute atomic E-state index is 0.0755. The normalized spacial score (nSPS) is 10.8. The van der Waals surface area contributed by atoms with Crippen LogP contribution in [0.1, 0.15) is 11.1 Å². The monoisotopic (exact) mass is 325 g/mol. The van der Waals surface area contributed by atoms with Gasteiger partial charge < -0.3 is 9.64 Å². The molecule has 0 aliphatic rings. The number of aryl methyl sites for hydroxylation is 2. The van der Waals surface area contributed by atoms with Crippen molar-refractivity contribution in [1.29, 1.82) is 0 Å². The van der Waals surface area contributed by atoms with Gasteiger partial charge in [-0.25, -0.2) is 14.6 Å². The lowest BCUT2D eigenvalue weighted by Crippen LogP contribution is -2.27. The summed E-state index contributed by atoms with van der Waals surface area (Å²) in [6.07, 6.45) is 3.07. The van der Waals surface area contributed by atoms with E-state index < -0.39 is 0 Å². The molecule has 0 unspecified atom stereocenters. The highest BCUT2D eigenvalue weighted by Crippen LogP contribution is 2.24. The molecule has 2 heterocycles. The summed E-state index contributed by atoms with van der Waals surface area (Å²) in [6, 6.07) is 6.18. The molecule has 0 aliphatic carbocycles. The lowest BCUT2D eigenvalue weighted by atomic mass is 10.1. The fourth-order valence-corrected chi connectivity index (χ4v) is 2.46. The molecule has 124 valence electrons. The number of hydrogen-bond acceptors (Lipinski definition) is 5. The lowest BCUT2D eigenvalue weighted by Gasteiger charge is -2.11. The second-order valence-corrected chi connectivity index (χ2v) is 5.90. The first-order valence-corrected chi connectivity index (χ1v) is 7.56. The van der Waals surface area contributed by atoms with Crippen molar-refractivity contribution in [3.05, 3.63) is 41.9 Å². The van der Waals surface area contributed by atoms with Crippen molar-refractivity contribution in [1.82, 2.24) is 24.6 Å². The van der Waals surface area contributed by atoms with Gasteiger partial charge in [0.05, 0.1) is 11.9 Å². The van der Waals surface area contributed by atoms with Crippen molar-refractivity contribution in [2.45, 2.75) is 13.8 Å². The Morgan fingerprint density at radius 3 is 2.54 bits per heavy atom. The van der Waals surface area contributed by atoms with Crippen LogP contribution in [0.3, 0.4) is 0 Å². The van der Waals surface area contributed by atoms with Gasteiger partial charge in [-0.1, -0.05) is 6.07 Å². The number of amides is 1. The van der Waals surface area contributed by atoms with Gasteiger partial charge >= 0.3 is 0 Å². The number of likely N-dealkylation sites (N-methyl/N-ethyl adjacent to an activating group) is 1. The Bertz CT molecular complexity index is 881. The molecule has 3 rings (SSSR count). The quantitative estimate of drug-likeness (QED) is 0.732. The number of fused-ring (bicyclic) bond motifs is 1. The van der Waals surface area contributed by atoms with Crippen LogP contribution in [0.5, 0.6) is 5.88 Å². The first-order valence-electron chi connectivity index (χ1n) is 7.56. The van der Waals surface area contributed by atoms with Crippen molar-refractivity contribution < 1.29 is 9.53 Å². The summed E-state index contributed by atoms with van der Waals surface area (Å²) in [5, 5.41) is 5.08. The van der Waals surface area contributed by atoms with E-state index in [9.17, 15) is 4.79 Å². The van der Waals surface area contributed by atoms with Crippen LogP contribution >= 0.6 is 0 Å². The number of rotatable bonds is 4. The average Bonchev–Trinajstić information content (AvgIpc) is 2.96. The zero-order chi connectivity index (χ0) is 17.3. The maximum absolute atomic E-state index is 11.7. The third kappa shape index (κ3) is 3.05. The van der Waals surface area contributed by atoms with Crippen molar-refractivity contribution in [2.75, 3.05) is 20.7 Å². The summed E-state index contributed by atoms with van der Waals surface area (Å²) < 4.78 is 7.29. The second kappa shape index (κ2) is 6.27. The van der Waals surface area contributed by atoms with Gasteiger partial charge in [0, 0.05) is 14.1 Å². The number of aromatic nitrogens is 4. The standard InChI is InChI=1S/C17H19N5O2/c1-11-5-12(2)7-13(6-11)22-16-14(8-20-22)17(19-10-18-16)24-9-15(23)21(3)4/h5-8,10H,9H2,1-4H3. The van der Waals surface area contributed by atoms with Gasteiger partial charge in [0.25, 0.3) is 5.91 Å². The predicted octanol–water partition coefficient (Wildman–Crippen LogP) is 1.90. The molecule has 0 saturated heterocycles. The molecule has 1 aromatic carbocycles. The van der Waals surface area contributed by atoms with Crippen molar-refractivity contribution >= 4 is 16.9 Å². The molecule has 0 aliphatic heterocycles. The van der Waals surface area contributed by atoms with Gasteiger partial charge in [-0.2, -0.15) is 5.10 Å². The number of benzene rings is 1. The molecular weight excluding hydrogens is 306 g/mol. The van der Waals surface area contributed by atoms with Crippen LogP contribution in [-0.4, -0.2) is 51.3 Å². The largest absolute Gasteiger partial charge is 0.467 e. The second-order valence-electron chi connectivity index (χ2n) is 5.90. The zero-order valence-corrected chi connectivity index (χ0v) is 14.1. The highest BCUT2D eigenvalue weighted by molar-refractivity contribution is 5.82. The highest BCUT2D eigenvalue weighted by Gasteiger charge is 2.14. The van der Waals surface area contributed by atoms with E-state index in [1.807, 2.05) is 26.0 Å². The Hall–Kier alpha value is -2.96. The van der Waals surface area contributed by atoms with Crippen LogP contribution in [0.4, 0.5) is 0 Å². The fraction of sp³-hybridized carbons (Fsp3) is 0.294. The topological polar surface area (TPSA) is 73.1 Å². The molecule has 0 radical (unpaired) electrons. The lowest BCUT2D eigenvalue weighted by molar-refractivity contribution is -0.130. The molecule has 0 bridgehead atoms. The number of hydrogen-bond donors (Lipinski definition) is 0. The molecule has 3 aromatic rings. The summed E-state index contributed by atoms with van der Waals surface area (Å²) in [7, 11) is 3.36. The third-order valence-corrected chi connectivity index (χ3v) is 3.61. The number of ether oxygens (including phenoxy) is 1. The van der Waals surface area contributed by atoms with Crippen LogP contribution in [0.2, 0.25) is 0 Å². The maximum Gasteiger partial charge on any atom is 0.260 e. The van der Waals surface area contributed by atoms with Gasteiger partial charge in [0.2, 0.25) is 5.88 Å². The first kappa shape index (κ1) is 15.9. The fourth-order valence-electron chi connectivity index (χ4n) is 2.46. The number of carbonyl (C=O) groups is 1. The Morgan fingerprint density at radius 2 is 1.88 bits per heavy atom. The van der Waals surface area contributed by atoms with Crippen LogP contribution in [-0.2, 0) is 4.79 Å². The Labute approximate surface area is 139 Å². The van der Waals surface area contributed by atoms with Gasteiger partial charge in [0.15, 0.2) is 12.3 Å². The van der Waals surface area contributed by atoms with E-state index in [1.165, 1.54) is 11.2 Å². The van der Waals surface area contributed by atoms with Gasteiger partial charge in [-0.15, -0.1) is 0 Å². The molecule has 1 amide bonds. The van der Waals surface area contributed by atoms with Crippen molar-refractivity contribution in [3.8, 4) is 11.6 Å². The molecule has 0 fully saturated rings. The van der Waals surface area contributed by atoms with E-state index >= 15 is 0 Å². The SMILES string of the molecule is Cc1cc(C)cc(-n2ncc3c(OCC(=O)N(C)C)ncnc32)c1. The van der Waals surface area contributed by atoms with Gasteiger partial charge in [0.1, 0.15) is 11.7 Å². The van der Waals surface area contributed by atoms with Crippen molar-refractivity contribution in [2.24, 2.45) is 0 Å². The first-order chi connectivity index (χ1) is 11.5. The highest BCUT2D eigenvalue weighted by atomic mass is 16.5. The molecule has 0 saturated carbocycles. The minimum Gasteiger partial charge on any atom is -0.467 e. The van der Waals surface area contributed by atoms with Gasteiger partial charge in [-0.05, 0) is 37.1 Å². The minimum atomic E-state index is -0.136. The van der Waals surface area contributed by atoms with Crippen molar-refractivity contribution in [3.63, 3.8) is 0 Å².